The topological polar surface area (TPSA) is 88.4 Å². The Morgan fingerprint density at radius 2 is 2.16 bits per heavy atom. The second-order valence-corrected chi connectivity index (χ2v) is 4.59. The van der Waals surface area contributed by atoms with Gasteiger partial charge in [-0.25, -0.2) is 0 Å². The molecule has 0 bridgehead atoms. The van der Waals surface area contributed by atoms with Gasteiger partial charge < -0.3 is 20.4 Å². The molecule has 2 rings (SSSR count). The normalized spacial score (nSPS) is 16.6. The Kier molecular flexibility index (Phi) is 4.70. The van der Waals surface area contributed by atoms with Gasteiger partial charge in [-0.3, -0.25) is 9.59 Å². The molecule has 6 heteroatoms. The van der Waals surface area contributed by atoms with E-state index >= 15 is 0 Å². The molecule has 0 aliphatic carbocycles. The molecular formula is C13H19N3O3. The predicted octanol–water partition coefficient (Wildman–Crippen LogP) is -0.0452. The van der Waals surface area contributed by atoms with Crippen LogP contribution in [0.25, 0.3) is 0 Å². The molecule has 1 saturated heterocycles. The summed E-state index contributed by atoms with van der Waals surface area (Å²) < 4.78 is 5.57. The second-order valence-electron chi connectivity index (χ2n) is 4.59. The lowest BCUT2D eigenvalue weighted by molar-refractivity contribution is 0.0121. The molecular weight excluding hydrogens is 246 g/mol. The molecule has 1 amide bonds. The molecule has 0 spiro atoms. The highest BCUT2D eigenvalue weighted by Crippen LogP contribution is 2.15. The van der Waals surface area contributed by atoms with E-state index in [1.165, 1.54) is 12.3 Å². The van der Waals surface area contributed by atoms with Gasteiger partial charge in [-0.05, 0) is 18.9 Å². The number of hydrogen-bond acceptors (Lipinski definition) is 4. The van der Waals surface area contributed by atoms with E-state index in [-0.39, 0.29) is 17.6 Å². The van der Waals surface area contributed by atoms with E-state index in [0.717, 1.165) is 12.8 Å². The average Bonchev–Trinajstić information content (AvgIpc) is 2.46. The SMILES string of the molecule is NCCOC1CCN(C(=O)c2ccc(=O)[nH]c2)CC1. The number of aromatic amines is 1. The van der Waals surface area contributed by atoms with Gasteiger partial charge in [-0.15, -0.1) is 0 Å². The Balaban J connectivity index is 1.88. The summed E-state index contributed by atoms with van der Waals surface area (Å²) >= 11 is 0. The number of nitrogens with two attached hydrogens (primary N) is 1. The van der Waals surface area contributed by atoms with Crippen LogP contribution in [0.4, 0.5) is 0 Å². The summed E-state index contributed by atoms with van der Waals surface area (Å²) in [6.07, 6.45) is 3.31. The second kappa shape index (κ2) is 6.49. The van der Waals surface area contributed by atoms with Crippen LogP contribution in [0.3, 0.4) is 0 Å². The van der Waals surface area contributed by atoms with Gasteiger partial charge in [-0.1, -0.05) is 0 Å². The summed E-state index contributed by atoms with van der Waals surface area (Å²) in [5.74, 6) is -0.0477. The first-order valence-electron chi connectivity index (χ1n) is 6.50. The summed E-state index contributed by atoms with van der Waals surface area (Å²) in [4.78, 5) is 27.4. The van der Waals surface area contributed by atoms with Crippen molar-refractivity contribution in [1.29, 1.82) is 0 Å². The Bertz CT molecular complexity index is 458. The number of ether oxygens (including phenoxy) is 1. The number of rotatable bonds is 4. The number of likely N-dealkylation sites (tertiary alicyclic amines) is 1. The molecule has 0 atom stereocenters. The lowest BCUT2D eigenvalue weighted by Gasteiger charge is -2.31. The van der Waals surface area contributed by atoms with Crippen LogP contribution in [0.1, 0.15) is 23.2 Å². The van der Waals surface area contributed by atoms with Crippen molar-refractivity contribution in [3.8, 4) is 0 Å². The molecule has 1 aliphatic heterocycles. The molecule has 1 aromatic heterocycles. The average molecular weight is 265 g/mol. The van der Waals surface area contributed by atoms with Crippen molar-refractivity contribution in [3.63, 3.8) is 0 Å². The number of carbonyl (C=O) groups is 1. The van der Waals surface area contributed by atoms with Gasteiger partial charge >= 0.3 is 0 Å². The van der Waals surface area contributed by atoms with E-state index in [4.69, 9.17) is 10.5 Å². The first-order valence-corrected chi connectivity index (χ1v) is 6.50. The molecule has 6 nitrogen and oxygen atoms in total. The lowest BCUT2D eigenvalue weighted by Crippen LogP contribution is -2.41. The van der Waals surface area contributed by atoms with Crippen LogP contribution >= 0.6 is 0 Å². The highest BCUT2D eigenvalue weighted by molar-refractivity contribution is 5.93. The Morgan fingerprint density at radius 1 is 1.42 bits per heavy atom. The molecule has 0 radical (unpaired) electrons. The largest absolute Gasteiger partial charge is 0.377 e. The van der Waals surface area contributed by atoms with Crippen molar-refractivity contribution in [2.24, 2.45) is 5.73 Å². The van der Waals surface area contributed by atoms with Gasteiger partial charge in [0.05, 0.1) is 18.3 Å². The number of H-pyrrole nitrogens is 1. The molecule has 1 aliphatic rings. The van der Waals surface area contributed by atoms with Gasteiger partial charge in [0.2, 0.25) is 5.56 Å². The lowest BCUT2D eigenvalue weighted by atomic mass is 10.1. The smallest absolute Gasteiger partial charge is 0.255 e. The first-order chi connectivity index (χ1) is 9.20. The molecule has 0 aromatic carbocycles. The zero-order valence-electron chi connectivity index (χ0n) is 10.8. The standard InChI is InChI=1S/C13H19N3O3/c14-5-8-19-11-3-6-16(7-4-11)13(18)10-1-2-12(17)15-9-10/h1-2,9,11H,3-8,14H2,(H,15,17). The van der Waals surface area contributed by atoms with Crippen LogP contribution in [0, 0.1) is 0 Å². The number of carbonyl (C=O) groups excluding carboxylic acids is 1. The number of amides is 1. The summed E-state index contributed by atoms with van der Waals surface area (Å²) in [6.45, 7) is 2.44. The van der Waals surface area contributed by atoms with Crippen LogP contribution in [-0.2, 0) is 4.74 Å². The molecule has 0 saturated carbocycles. The number of piperidine rings is 1. The number of nitrogens with zero attached hydrogens (tertiary/aromatic N) is 1. The molecule has 1 fully saturated rings. The predicted molar refractivity (Wildman–Crippen MR) is 71.0 cm³/mol. The first kappa shape index (κ1) is 13.8. The van der Waals surface area contributed by atoms with Crippen LogP contribution in [0.15, 0.2) is 23.1 Å². The summed E-state index contributed by atoms with van der Waals surface area (Å²) in [5, 5.41) is 0. The van der Waals surface area contributed by atoms with Gasteiger partial charge in [0.25, 0.3) is 5.91 Å². The fourth-order valence-corrected chi connectivity index (χ4v) is 2.19. The summed E-state index contributed by atoms with van der Waals surface area (Å²) in [7, 11) is 0. The molecule has 2 heterocycles. The van der Waals surface area contributed by atoms with Gasteiger partial charge in [-0.2, -0.15) is 0 Å². The van der Waals surface area contributed by atoms with Crippen LogP contribution in [0.5, 0.6) is 0 Å². The maximum atomic E-state index is 12.2. The number of aromatic nitrogens is 1. The highest BCUT2D eigenvalue weighted by atomic mass is 16.5. The van der Waals surface area contributed by atoms with Gasteiger partial charge in [0.15, 0.2) is 0 Å². The monoisotopic (exact) mass is 265 g/mol. The minimum absolute atomic E-state index is 0.0477. The van der Waals surface area contributed by atoms with Crippen LogP contribution < -0.4 is 11.3 Å². The maximum absolute atomic E-state index is 12.2. The number of hydrogen-bond donors (Lipinski definition) is 2. The third kappa shape index (κ3) is 3.65. The van der Waals surface area contributed by atoms with Crippen molar-refractivity contribution < 1.29 is 9.53 Å². The van der Waals surface area contributed by atoms with Crippen molar-refractivity contribution in [3.05, 3.63) is 34.2 Å². The van der Waals surface area contributed by atoms with Crippen molar-refractivity contribution in [1.82, 2.24) is 9.88 Å². The summed E-state index contributed by atoms with van der Waals surface area (Å²) in [5.41, 5.74) is 5.70. The minimum Gasteiger partial charge on any atom is -0.377 e. The Morgan fingerprint density at radius 3 is 2.74 bits per heavy atom. The Labute approximate surface area is 111 Å². The van der Waals surface area contributed by atoms with E-state index in [1.807, 2.05) is 0 Å². The number of nitrogens with one attached hydrogen (secondary N) is 1. The van der Waals surface area contributed by atoms with E-state index in [0.29, 0.717) is 31.8 Å². The fraction of sp³-hybridized carbons (Fsp3) is 0.538. The third-order valence-electron chi connectivity index (χ3n) is 3.23. The Hall–Kier alpha value is -1.66. The zero-order valence-corrected chi connectivity index (χ0v) is 10.8. The quantitative estimate of drug-likeness (QED) is 0.799. The summed E-state index contributed by atoms with van der Waals surface area (Å²) in [6, 6.07) is 2.92. The zero-order chi connectivity index (χ0) is 13.7. The van der Waals surface area contributed by atoms with E-state index in [1.54, 1.807) is 11.0 Å². The third-order valence-corrected chi connectivity index (χ3v) is 3.23. The van der Waals surface area contributed by atoms with E-state index in [2.05, 4.69) is 4.98 Å². The molecule has 0 unspecified atom stereocenters. The molecule has 3 N–H and O–H groups in total. The fourth-order valence-electron chi connectivity index (χ4n) is 2.19. The van der Waals surface area contributed by atoms with Crippen molar-refractivity contribution in [2.75, 3.05) is 26.2 Å². The molecule has 104 valence electrons. The van der Waals surface area contributed by atoms with Crippen molar-refractivity contribution in [2.45, 2.75) is 18.9 Å². The van der Waals surface area contributed by atoms with Crippen LogP contribution in [-0.4, -0.2) is 48.1 Å². The van der Waals surface area contributed by atoms with Gasteiger partial charge in [0.1, 0.15) is 0 Å². The number of pyridine rings is 1. The van der Waals surface area contributed by atoms with Crippen LogP contribution in [0.2, 0.25) is 0 Å². The molecule has 1 aromatic rings. The van der Waals surface area contributed by atoms with Gasteiger partial charge in [0, 0.05) is 31.9 Å². The molecule has 19 heavy (non-hydrogen) atoms. The van der Waals surface area contributed by atoms with Crippen molar-refractivity contribution >= 4 is 5.91 Å². The minimum atomic E-state index is -0.203. The van der Waals surface area contributed by atoms with E-state index < -0.39 is 0 Å². The van der Waals surface area contributed by atoms with E-state index in [9.17, 15) is 9.59 Å². The maximum Gasteiger partial charge on any atom is 0.255 e. The highest BCUT2D eigenvalue weighted by Gasteiger charge is 2.23.